The van der Waals surface area contributed by atoms with Crippen LogP contribution in [0.3, 0.4) is 0 Å². The molecule has 0 fully saturated rings. The molecule has 0 aliphatic carbocycles. The van der Waals surface area contributed by atoms with Crippen LogP contribution in [0, 0.1) is 11.8 Å². The quantitative estimate of drug-likeness (QED) is 0.0343. The molecule has 6 nitrogen and oxygen atoms in total. The normalized spacial score (nSPS) is 12.0. The number of rotatable bonds is 55. The van der Waals surface area contributed by atoms with Crippen LogP contribution in [-0.4, -0.2) is 37.2 Å². The lowest BCUT2D eigenvalue weighted by Gasteiger charge is -2.18. The number of esters is 3. The Bertz CT molecular complexity index is 1020. The van der Waals surface area contributed by atoms with Gasteiger partial charge in [0.2, 0.25) is 0 Å². The second-order valence-corrected chi connectivity index (χ2v) is 21.9. The SMILES string of the molecule is CCCCCCCCCCCCCCCCCC(=O)OC[C@H](COC(=O)CCCCCCCCCCCCC(C)C)OC(=O)CCCCCCCCCCCCCCCCCCCCC(C)C. The predicted octanol–water partition coefficient (Wildman–Crippen LogP) is 20.0. The van der Waals surface area contributed by atoms with Crippen molar-refractivity contribution in [3.63, 3.8) is 0 Å². The summed E-state index contributed by atoms with van der Waals surface area (Å²) in [5.41, 5.74) is 0. The molecule has 398 valence electrons. The van der Waals surface area contributed by atoms with Crippen molar-refractivity contribution in [2.45, 2.75) is 349 Å². The highest BCUT2D eigenvalue weighted by atomic mass is 16.6. The maximum absolute atomic E-state index is 12.9. The van der Waals surface area contributed by atoms with E-state index in [0.717, 1.165) is 69.6 Å². The first-order chi connectivity index (χ1) is 32.7. The average Bonchev–Trinajstić information content (AvgIpc) is 3.30. The number of carbonyl (C=O) groups is 3. The average molecular weight is 948 g/mol. The molecule has 0 rings (SSSR count). The molecule has 0 aromatic rings. The molecule has 0 heterocycles. The van der Waals surface area contributed by atoms with Crippen molar-refractivity contribution in [1.29, 1.82) is 0 Å². The second kappa shape index (κ2) is 53.8. The Morgan fingerprint density at radius 2 is 0.493 bits per heavy atom. The molecule has 6 heteroatoms. The van der Waals surface area contributed by atoms with Gasteiger partial charge < -0.3 is 14.2 Å². The molecule has 0 N–H and O–H groups in total. The lowest BCUT2D eigenvalue weighted by Crippen LogP contribution is -2.30. The Kier molecular flexibility index (Phi) is 52.5. The monoisotopic (exact) mass is 947 g/mol. The third-order valence-corrected chi connectivity index (χ3v) is 14.0. The van der Waals surface area contributed by atoms with E-state index in [1.54, 1.807) is 0 Å². The molecule has 0 spiro atoms. The highest BCUT2D eigenvalue weighted by Gasteiger charge is 2.19. The van der Waals surface area contributed by atoms with Crippen molar-refractivity contribution < 1.29 is 28.6 Å². The summed E-state index contributed by atoms with van der Waals surface area (Å²) in [6, 6.07) is 0. The van der Waals surface area contributed by atoms with Crippen LogP contribution in [0.15, 0.2) is 0 Å². The zero-order valence-electron chi connectivity index (χ0n) is 46.0. The van der Waals surface area contributed by atoms with Gasteiger partial charge in [0.25, 0.3) is 0 Å². The number of hydrogen-bond donors (Lipinski definition) is 0. The van der Waals surface area contributed by atoms with Gasteiger partial charge >= 0.3 is 17.9 Å². The largest absolute Gasteiger partial charge is 0.462 e. The molecule has 0 aromatic heterocycles. The van der Waals surface area contributed by atoms with Crippen LogP contribution in [0.4, 0.5) is 0 Å². The maximum atomic E-state index is 12.9. The van der Waals surface area contributed by atoms with Crippen LogP contribution in [0.2, 0.25) is 0 Å². The molecule has 0 amide bonds. The van der Waals surface area contributed by atoms with Gasteiger partial charge in [-0.25, -0.2) is 0 Å². The Balaban J connectivity index is 4.26. The molecule has 0 bridgehead atoms. The molecule has 0 unspecified atom stereocenters. The number of unbranched alkanes of at least 4 members (excludes halogenated alkanes) is 40. The molecular weight excluding hydrogens is 829 g/mol. The van der Waals surface area contributed by atoms with Gasteiger partial charge in [0.15, 0.2) is 6.10 Å². The van der Waals surface area contributed by atoms with E-state index in [9.17, 15) is 14.4 Å². The Hall–Kier alpha value is -1.59. The fraction of sp³-hybridized carbons (Fsp3) is 0.951. The summed E-state index contributed by atoms with van der Waals surface area (Å²) in [7, 11) is 0. The molecule has 0 aliphatic heterocycles. The Labute approximate surface area is 418 Å². The molecule has 67 heavy (non-hydrogen) atoms. The molecule has 0 aromatic carbocycles. The summed E-state index contributed by atoms with van der Waals surface area (Å²) < 4.78 is 16.9. The van der Waals surface area contributed by atoms with E-state index >= 15 is 0 Å². The van der Waals surface area contributed by atoms with E-state index < -0.39 is 6.10 Å². The van der Waals surface area contributed by atoms with Gasteiger partial charge in [-0.2, -0.15) is 0 Å². The summed E-state index contributed by atoms with van der Waals surface area (Å²) in [4.78, 5) is 38.2. The van der Waals surface area contributed by atoms with Crippen LogP contribution in [0.1, 0.15) is 343 Å². The first-order valence-corrected chi connectivity index (χ1v) is 30.2. The van der Waals surface area contributed by atoms with E-state index in [2.05, 4.69) is 34.6 Å². The molecule has 1 atom stereocenters. The van der Waals surface area contributed by atoms with Crippen molar-refractivity contribution in [2.24, 2.45) is 11.8 Å². The molecule has 0 saturated carbocycles. The van der Waals surface area contributed by atoms with Crippen molar-refractivity contribution in [3.05, 3.63) is 0 Å². The van der Waals surface area contributed by atoms with Crippen molar-refractivity contribution in [1.82, 2.24) is 0 Å². The van der Waals surface area contributed by atoms with E-state index in [-0.39, 0.29) is 31.1 Å². The van der Waals surface area contributed by atoms with Gasteiger partial charge in [0.1, 0.15) is 13.2 Å². The lowest BCUT2D eigenvalue weighted by molar-refractivity contribution is -0.167. The van der Waals surface area contributed by atoms with E-state index in [1.165, 1.54) is 231 Å². The lowest BCUT2D eigenvalue weighted by atomic mass is 10.0. The first kappa shape index (κ1) is 65.4. The Morgan fingerprint density at radius 3 is 0.731 bits per heavy atom. The van der Waals surface area contributed by atoms with Gasteiger partial charge in [-0.1, -0.05) is 304 Å². The standard InChI is InChI=1S/C61H118O6/c1-6-7-8-9-10-11-12-13-18-22-25-31-36-41-46-51-59(62)65-54-58(55-66-60(63)52-47-42-37-32-28-27-30-35-40-45-50-57(4)5)67-61(64)53-48-43-38-33-26-23-20-17-15-14-16-19-21-24-29-34-39-44-49-56(2)3/h56-58H,6-55H2,1-5H3/t58-/m1/s1. The topological polar surface area (TPSA) is 78.9 Å². The van der Waals surface area contributed by atoms with Crippen LogP contribution in [0.25, 0.3) is 0 Å². The van der Waals surface area contributed by atoms with Crippen LogP contribution < -0.4 is 0 Å². The van der Waals surface area contributed by atoms with E-state index in [4.69, 9.17) is 14.2 Å². The third kappa shape index (κ3) is 55.2. The molecule has 0 saturated heterocycles. The number of ether oxygens (including phenoxy) is 3. The van der Waals surface area contributed by atoms with Gasteiger partial charge in [0, 0.05) is 19.3 Å². The van der Waals surface area contributed by atoms with E-state index in [1.807, 2.05) is 0 Å². The van der Waals surface area contributed by atoms with Crippen molar-refractivity contribution >= 4 is 17.9 Å². The van der Waals surface area contributed by atoms with Gasteiger partial charge in [-0.05, 0) is 31.1 Å². The van der Waals surface area contributed by atoms with Gasteiger partial charge in [-0.3, -0.25) is 14.4 Å². The summed E-state index contributed by atoms with van der Waals surface area (Å²) in [5, 5.41) is 0. The molecule has 0 radical (unpaired) electrons. The zero-order chi connectivity index (χ0) is 48.9. The minimum Gasteiger partial charge on any atom is -0.462 e. The minimum atomic E-state index is -0.763. The first-order valence-electron chi connectivity index (χ1n) is 30.2. The minimum absolute atomic E-state index is 0.0624. The Morgan fingerprint density at radius 1 is 0.284 bits per heavy atom. The number of carbonyl (C=O) groups excluding carboxylic acids is 3. The van der Waals surface area contributed by atoms with Crippen LogP contribution >= 0.6 is 0 Å². The van der Waals surface area contributed by atoms with Crippen molar-refractivity contribution in [3.8, 4) is 0 Å². The van der Waals surface area contributed by atoms with E-state index in [0.29, 0.717) is 19.3 Å². The van der Waals surface area contributed by atoms with Crippen LogP contribution in [-0.2, 0) is 28.6 Å². The van der Waals surface area contributed by atoms with Gasteiger partial charge in [0.05, 0.1) is 0 Å². The summed E-state index contributed by atoms with van der Waals surface area (Å²) >= 11 is 0. The summed E-state index contributed by atoms with van der Waals surface area (Å²) in [6.45, 7) is 11.4. The number of hydrogen-bond acceptors (Lipinski definition) is 6. The van der Waals surface area contributed by atoms with Crippen LogP contribution in [0.5, 0.6) is 0 Å². The highest BCUT2D eigenvalue weighted by molar-refractivity contribution is 5.71. The fourth-order valence-corrected chi connectivity index (χ4v) is 9.40. The zero-order valence-corrected chi connectivity index (χ0v) is 46.0. The molecule has 0 aliphatic rings. The predicted molar refractivity (Wildman–Crippen MR) is 289 cm³/mol. The second-order valence-electron chi connectivity index (χ2n) is 21.9. The highest BCUT2D eigenvalue weighted by Crippen LogP contribution is 2.18. The van der Waals surface area contributed by atoms with Crippen molar-refractivity contribution in [2.75, 3.05) is 13.2 Å². The van der Waals surface area contributed by atoms with Gasteiger partial charge in [-0.15, -0.1) is 0 Å². The third-order valence-electron chi connectivity index (χ3n) is 14.0. The molecular formula is C61H118O6. The summed E-state index contributed by atoms with van der Waals surface area (Å²) in [5.74, 6) is 0.840. The fourth-order valence-electron chi connectivity index (χ4n) is 9.40. The summed E-state index contributed by atoms with van der Waals surface area (Å²) in [6.07, 6.45) is 58.1. The maximum Gasteiger partial charge on any atom is 0.306 e. The smallest absolute Gasteiger partial charge is 0.306 e.